The number of morpholine rings is 1. The normalized spacial score (nSPS) is 24.2. The molecule has 1 N–H and O–H groups in total. The van der Waals surface area contributed by atoms with Crippen molar-refractivity contribution < 1.29 is 14.3 Å². The maximum absolute atomic E-state index is 13.7. The molecule has 3 heterocycles. The van der Waals surface area contributed by atoms with Crippen LogP contribution in [0.15, 0.2) is 83.8 Å². The summed E-state index contributed by atoms with van der Waals surface area (Å²) in [6, 6.07) is 25.7. The van der Waals surface area contributed by atoms with Gasteiger partial charge in [0.15, 0.2) is 5.25 Å². The standard InChI is InChI=1S/C28H26ClN3O3S/c29-23-11-4-5-12-24(23)36-26-27(33)30-32(28(26)34)25(18-7-2-1-3-8-18)19-9-6-10-20(15-19)31-21-13-14-22(31)17-35-16-21/h1-12,15,21-22,25-26H,13-14,16-17H2,(H,30,33). The molecule has 2 amide bonds. The Kier molecular flexibility index (Phi) is 6.37. The van der Waals surface area contributed by atoms with Crippen molar-refractivity contribution >= 4 is 40.9 Å². The molecule has 6 rings (SSSR count). The number of hydrogen-bond acceptors (Lipinski definition) is 5. The number of nitrogens with zero attached hydrogens (tertiary/aromatic N) is 2. The van der Waals surface area contributed by atoms with Gasteiger partial charge in [-0.25, -0.2) is 5.01 Å². The van der Waals surface area contributed by atoms with E-state index in [2.05, 4.69) is 22.5 Å². The van der Waals surface area contributed by atoms with Crippen LogP contribution in [-0.2, 0) is 14.3 Å². The van der Waals surface area contributed by atoms with Crippen LogP contribution < -0.4 is 10.3 Å². The molecular weight excluding hydrogens is 494 g/mol. The minimum atomic E-state index is -0.908. The average molecular weight is 520 g/mol. The summed E-state index contributed by atoms with van der Waals surface area (Å²) < 4.78 is 5.78. The summed E-state index contributed by atoms with van der Waals surface area (Å²) in [5, 5.41) is 1.10. The Hall–Kier alpha value is -3.00. The van der Waals surface area contributed by atoms with Gasteiger partial charge in [-0.05, 0) is 48.2 Å². The molecule has 0 aliphatic carbocycles. The van der Waals surface area contributed by atoms with Crippen molar-refractivity contribution in [1.29, 1.82) is 0 Å². The van der Waals surface area contributed by atoms with Crippen molar-refractivity contribution in [3.8, 4) is 0 Å². The zero-order valence-corrected chi connectivity index (χ0v) is 21.1. The number of halogens is 1. The van der Waals surface area contributed by atoms with Crippen LogP contribution in [0.3, 0.4) is 0 Å². The molecule has 0 radical (unpaired) electrons. The summed E-state index contributed by atoms with van der Waals surface area (Å²) in [4.78, 5) is 29.9. The van der Waals surface area contributed by atoms with E-state index >= 15 is 0 Å². The second-order valence-corrected chi connectivity index (χ2v) is 10.9. The van der Waals surface area contributed by atoms with Gasteiger partial charge in [-0.1, -0.05) is 66.2 Å². The van der Waals surface area contributed by atoms with Crippen molar-refractivity contribution in [2.45, 2.75) is 41.1 Å². The van der Waals surface area contributed by atoms with Crippen LogP contribution in [-0.4, -0.2) is 47.4 Å². The summed E-state index contributed by atoms with van der Waals surface area (Å²) in [5.74, 6) is -0.621. The summed E-state index contributed by atoms with van der Waals surface area (Å²) in [5.41, 5.74) is 5.87. The van der Waals surface area contributed by atoms with E-state index in [0.29, 0.717) is 22.0 Å². The molecule has 3 aliphatic rings. The lowest BCUT2D eigenvalue weighted by atomic mass is 9.97. The lowest BCUT2D eigenvalue weighted by molar-refractivity contribution is -0.131. The van der Waals surface area contributed by atoms with E-state index in [-0.39, 0.29) is 11.8 Å². The summed E-state index contributed by atoms with van der Waals surface area (Å²) >= 11 is 7.50. The average Bonchev–Trinajstić information content (AvgIpc) is 3.32. The first-order valence-corrected chi connectivity index (χ1v) is 13.4. The predicted molar refractivity (Wildman–Crippen MR) is 141 cm³/mol. The van der Waals surface area contributed by atoms with E-state index in [9.17, 15) is 9.59 Å². The van der Waals surface area contributed by atoms with Gasteiger partial charge in [-0.2, -0.15) is 0 Å². The number of carbonyl (C=O) groups excluding carboxylic acids is 2. The molecule has 0 spiro atoms. The lowest BCUT2D eigenvalue weighted by Crippen LogP contribution is -2.46. The highest BCUT2D eigenvalue weighted by molar-refractivity contribution is 8.01. The molecule has 2 bridgehead atoms. The minimum Gasteiger partial charge on any atom is -0.377 e. The molecule has 3 aromatic rings. The van der Waals surface area contributed by atoms with Crippen LogP contribution in [0.2, 0.25) is 5.02 Å². The molecule has 3 aromatic carbocycles. The number of rotatable bonds is 6. The quantitative estimate of drug-likeness (QED) is 0.473. The Morgan fingerprint density at radius 3 is 2.33 bits per heavy atom. The van der Waals surface area contributed by atoms with Crippen LogP contribution in [0, 0.1) is 0 Å². The fraction of sp³-hybridized carbons (Fsp3) is 0.286. The van der Waals surface area contributed by atoms with Crippen molar-refractivity contribution in [3.63, 3.8) is 0 Å². The molecule has 3 fully saturated rings. The van der Waals surface area contributed by atoms with Crippen LogP contribution in [0.25, 0.3) is 0 Å². The molecule has 4 unspecified atom stereocenters. The van der Waals surface area contributed by atoms with Gasteiger partial charge in [0.25, 0.3) is 11.8 Å². The third-order valence-electron chi connectivity index (χ3n) is 7.11. The van der Waals surface area contributed by atoms with E-state index in [1.807, 2.05) is 60.7 Å². The summed E-state index contributed by atoms with van der Waals surface area (Å²) in [6.07, 6.45) is 2.25. The van der Waals surface area contributed by atoms with Crippen molar-refractivity contribution in [2.24, 2.45) is 0 Å². The molecule has 184 valence electrons. The van der Waals surface area contributed by atoms with Gasteiger partial charge in [-0.3, -0.25) is 15.0 Å². The Labute approximate surface area is 219 Å². The maximum Gasteiger partial charge on any atom is 0.265 e. The zero-order chi connectivity index (χ0) is 24.6. The number of benzene rings is 3. The van der Waals surface area contributed by atoms with Gasteiger partial charge in [0.2, 0.25) is 0 Å². The Balaban J connectivity index is 1.35. The molecule has 8 heteroatoms. The van der Waals surface area contributed by atoms with Crippen LogP contribution in [0.1, 0.15) is 30.0 Å². The van der Waals surface area contributed by atoms with Crippen LogP contribution in [0.4, 0.5) is 5.69 Å². The molecule has 36 heavy (non-hydrogen) atoms. The molecule has 0 saturated carbocycles. The number of ether oxygens (including phenoxy) is 1. The highest BCUT2D eigenvalue weighted by Gasteiger charge is 2.44. The number of hydrogen-bond donors (Lipinski definition) is 1. The van der Waals surface area contributed by atoms with Crippen molar-refractivity contribution in [2.75, 3.05) is 18.1 Å². The zero-order valence-electron chi connectivity index (χ0n) is 19.5. The Bertz CT molecular complexity index is 1270. The van der Waals surface area contributed by atoms with Gasteiger partial charge in [0.05, 0.1) is 30.3 Å². The SMILES string of the molecule is O=C1NN(C(c2ccccc2)c2cccc(N3C4CCC3COC4)c2)C(=O)C1Sc1ccccc1Cl. The predicted octanol–water partition coefficient (Wildman–Crippen LogP) is 4.83. The highest BCUT2D eigenvalue weighted by atomic mass is 35.5. The van der Waals surface area contributed by atoms with Gasteiger partial charge in [0.1, 0.15) is 6.04 Å². The molecular formula is C28H26ClN3O3S. The molecule has 3 aliphatic heterocycles. The third-order valence-corrected chi connectivity index (χ3v) is 8.81. The van der Waals surface area contributed by atoms with E-state index in [4.69, 9.17) is 16.3 Å². The Morgan fingerprint density at radius 2 is 1.58 bits per heavy atom. The smallest absolute Gasteiger partial charge is 0.265 e. The van der Waals surface area contributed by atoms with E-state index in [1.54, 1.807) is 6.07 Å². The lowest BCUT2D eigenvalue weighted by Gasteiger charge is -2.37. The largest absolute Gasteiger partial charge is 0.377 e. The second kappa shape index (κ2) is 9.81. The van der Waals surface area contributed by atoms with E-state index in [1.165, 1.54) is 16.8 Å². The minimum absolute atomic E-state index is 0.282. The monoisotopic (exact) mass is 519 g/mol. The molecule has 0 aromatic heterocycles. The first-order chi connectivity index (χ1) is 17.6. The fourth-order valence-electron chi connectivity index (χ4n) is 5.47. The van der Waals surface area contributed by atoms with Gasteiger partial charge < -0.3 is 9.64 Å². The molecule has 3 saturated heterocycles. The molecule has 6 nitrogen and oxygen atoms in total. The second-order valence-electron chi connectivity index (χ2n) is 9.35. The highest BCUT2D eigenvalue weighted by Crippen LogP contribution is 2.39. The third kappa shape index (κ3) is 4.25. The van der Waals surface area contributed by atoms with Crippen LogP contribution >= 0.6 is 23.4 Å². The van der Waals surface area contributed by atoms with Gasteiger partial charge in [-0.15, -0.1) is 11.8 Å². The number of nitrogens with one attached hydrogen (secondary N) is 1. The van der Waals surface area contributed by atoms with E-state index in [0.717, 1.165) is 42.9 Å². The Morgan fingerprint density at radius 1 is 0.889 bits per heavy atom. The topological polar surface area (TPSA) is 61.9 Å². The number of fused-ring (bicyclic) bond motifs is 2. The first-order valence-electron chi connectivity index (χ1n) is 12.2. The number of anilines is 1. The van der Waals surface area contributed by atoms with E-state index < -0.39 is 11.3 Å². The number of thioether (sulfide) groups is 1. The summed E-state index contributed by atoms with van der Waals surface area (Å²) in [6.45, 7) is 1.48. The number of hydrazine groups is 1. The van der Waals surface area contributed by atoms with Gasteiger partial charge in [0, 0.05) is 10.6 Å². The van der Waals surface area contributed by atoms with Gasteiger partial charge >= 0.3 is 0 Å². The fourth-order valence-corrected chi connectivity index (χ4v) is 6.70. The maximum atomic E-state index is 13.7. The van der Waals surface area contributed by atoms with Crippen LogP contribution in [0.5, 0.6) is 0 Å². The summed E-state index contributed by atoms with van der Waals surface area (Å²) in [7, 11) is 0. The van der Waals surface area contributed by atoms with Crippen molar-refractivity contribution in [3.05, 3.63) is 95.0 Å². The number of carbonyl (C=O) groups is 2. The van der Waals surface area contributed by atoms with Crippen molar-refractivity contribution in [1.82, 2.24) is 10.4 Å². The molecule has 4 atom stereocenters. The number of amides is 2. The first kappa shape index (κ1) is 23.4.